The average molecular weight is 478 g/mol. The Morgan fingerprint density at radius 1 is 0.971 bits per heavy atom. The Morgan fingerprint density at radius 3 is 2.09 bits per heavy atom. The number of hydrogen-bond acceptors (Lipinski definition) is 8. The number of benzene rings is 2. The zero-order valence-electron chi connectivity index (χ0n) is 19.3. The van der Waals surface area contributed by atoms with Gasteiger partial charge in [-0.05, 0) is 11.1 Å². The maximum Gasteiger partial charge on any atom is 0.280 e. The van der Waals surface area contributed by atoms with Crippen molar-refractivity contribution >= 4 is 22.9 Å². The van der Waals surface area contributed by atoms with Crippen molar-refractivity contribution in [2.75, 3.05) is 18.9 Å². The molecular formula is C25H27N5O5. The summed E-state index contributed by atoms with van der Waals surface area (Å²) in [5, 5.41) is 0. The number of anilines is 1. The third-order valence-corrected chi connectivity index (χ3v) is 5.21. The van der Waals surface area contributed by atoms with E-state index in [1.807, 2.05) is 60.7 Å². The number of Topliss-reactive ketones (excluding diaryl/α,β-unsaturated/α-hetero) is 1. The highest BCUT2D eigenvalue weighted by Gasteiger charge is 2.20. The van der Waals surface area contributed by atoms with Crippen LogP contribution >= 0.6 is 0 Å². The number of nitrogens with one attached hydrogen (secondary N) is 1. The molecule has 10 heteroatoms. The van der Waals surface area contributed by atoms with Crippen molar-refractivity contribution in [2.45, 2.75) is 33.0 Å². The molecule has 4 rings (SSSR count). The van der Waals surface area contributed by atoms with Gasteiger partial charge in [0, 0.05) is 6.92 Å². The van der Waals surface area contributed by atoms with E-state index in [0.29, 0.717) is 13.2 Å². The van der Waals surface area contributed by atoms with E-state index >= 15 is 0 Å². The number of rotatable bonds is 12. The Bertz CT molecular complexity index is 1280. The summed E-state index contributed by atoms with van der Waals surface area (Å²) in [6, 6.07) is 19.6. The highest BCUT2D eigenvalue weighted by Crippen LogP contribution is 2.14. The van der Waals surface area contributed by atoms with Crippen LogP contribution in [0.15, 0.2) is 65.5 Å². The van der Waals surface area contributed by atoms with Gasteiger partial charge in [0.25, 0.3) is 5.56 Å². The van der Waals surface area contributed by atoms with E-state index in [1.165, 1.54) is 11.5 Å². The molecule has 0 saturated heterocycles. The number of ketones is 1. The summed E-state index contributed by atoms with van der Waals surface area (Å²) >= 11 is 0. The molecule has 0 atom stereocenters. The summed E-state index contributed by atoms with van der Waals surface area (Å²) in [6.07, 6.45) is -0.459. The van der Waals surface area contributed by atoms with Gasteiger partial charge in [0.05, 0.1) is 26.4 Å². The number of carbonyl (C=O) groups is 1. The molecule has 2 aromatic carbocycles. The quantitative estimate of drug-likeness (QED) is 0.298. The van der Waals surface area contributed by atoms with Gasteiger partial charge in [-0.2, -0.15) is 4.98 Å². The molecule has 2 aromatic heterocycles. The number of aromatic amines is 1. The van der Waals surface area contributed by atoms with Crippen LogP contribution in [0.4, 0.5) is 5.95 Å². The lowest BCUT2D eigenvalue weighted by Crippen LogP contribution is -2.27. The first kappa shape index (κ1) is 24.3. The number of imidazole rings is 1. The molecule has 35 heavy (non-hydrogen) atoms. The van der Waals surface area contributed by atoms with Crippen molar-refractivity contribution in [3.8, 4) is 0 Å². The van der Waals surface area contributed by atoms with Gasteiger partial charge in [0.1, 0.15) is 12.8 Å². The van der Waals surface area contributed by atoms with Gasteiger partial charge >= 0.3 is 0 Å². The summed E-state index contributed by atoms with van der Waals surface area (Å²) in [4.78, 5) is 35.1. The molecule has 182 valence electrons. The van der Waals surface area contributed by atoms with E-state index in [-0.39, 0.29) is 48.7 Å². The molecule has 0 aliphatic heterocycles. The lowest BCUT2D eigenvalue weighted by Gasteiger charge is -2.19. The average Bonchev–Trinajstić information content (AvgIpc) is 3.22. The van der Waals surface area contributed by atoms with Crippen LogP contribution in [-0.2, 0) is 34.2 Å². The third-order valence-electron chi connectivity index (χ3n) is 5.21. The lowest BCUT2D eigenvalue weighted by atomic mass is 10.2. The fourth-order valence-electron chi connectivity index (χ4n) is 3.51. The van der Waals surface area contributed by atoms with Gasteiger partial charge in [0.15, 0.2) is 22.8 Å². The number of hydrogen-bond donors (Lipinski definition) is 2. The molecular weight excluding hydrogens is 450 g/mol. The number of nitrogens with two attached hydrogens (primary N) is 1. The van der Waals surface area contributed by atoms with E-state index < -0.39 is 11.7 Å². The molecule has 0 unspecified atom stereocenters. The smallest absolute Gasteiger partial charge is 0.280 e. The Morgan fingerprint density at radius 2 is 1.54 bits per heavy atom. The number of fused-ring (bicyclic) bond motifs is 1. The van der Waals surface area contributed by atoms with Crippen molar-refractivity contribution in [3.05, 3.63) is 88.0 Å². The zero-order chi connectivity index (χ0) is 24.6. The van der Waals surface area contributed by atoms with Crippen LogP contribution in [0.2, 0.25) is 0 Å². The molecule has 0 saturated carbocycles. The second kappa shape index (κ2) is 11.5. The Labute approximate surface area is 201 Å². The van der Waals surface area contributed by atoms with Crippen molar-refractivity contribution in [3.63, 3.8) is 0 Å². The number of ether oxygens (including phenoxy) is 3. The second-order valence-electron chi connectivity index (χ2n) is 7.96. The van der Waals surface area contributed by atoms with E-state index in [9.17, 15) is 9.59 Å². The van der Waals surface area contributed by atoms with Gasteiger partial charge in [-0.1, -0.05) is 60.7 Å². The monoisotopic (exact) mass is 477 g/mol. The Kier molecular flexibility index (Phi) is 7.99. The first-order valence-electron chi connectivity index (χ1n) is 11.1. The number of nitrogen functional groups attached to an aromatic ring is 1. The van der Waals surface area contributed by atoms with Gasteiger partial charge in [-0.3, -0.25) is 19.1 Å². The standard InChI is InChI=1S/C25H27N5O5/c1-17(31)22-27-21-23(28-25(26)29-24(21)32)30(22)16-35-20(14-33-12-18-8-4-2-5-9-18)15-34-13-19-10-6-3-7-11-19/h2-11,20H,12-16H2,1H3,(H3,26,28,29,32). The van der Waals surface area contributed by atoms with Crippen molar-refractivity contribution < 1.29 is 19.0 Å². The highest BCUT2D eigenvalue weighted by atomic mass is 16.6. The SMILES string of the molecule is CC(=O)c1nc2c(=O)[nH]c(N)nc2n1COC(COCc1ccccc1)COCc1ccccc1. The Hall–Kier alpha value is -3.86. The molecule has 2 heterocycles. The maximum atomic E-state index is 12.2. The van der Waals surface area contributed by atoms with Crippen LogP contribution in [-0.4, -0.2) is 44.6 Å². The first-order valence-corrected chi connectivity index (χ1v) is 11.1. The summed E-state index contributed by atoms with van der Waals surface area (Å²) in [5.74, 6) is -0.354. The minimum atomic E-state index is -0.525. The fourth-order valence-corrected chi connectivity index (χ4v) is 3.51. The van der Waals surface area contributed by atoms with Crippen LogP contribution in [0.5, 0.6) is 0 Å². The van der Waals surface area contributed by atoms with Crippen LogP contribution in [0, 0.1) is 0 Å². The normalized spacial score (nSPS) is 11.4. The fraction of sp³-hybridized carbons (Fsp3) is 0.280. The molecule has 0 aliphatic carbocycles. The Balaban J connectivity index is 1.47. The molecule has 0 aliphatic rings. The summed E-state index contributed by atoms with van der Waals surface area (Å²) in [7, 11) is 0. The minimum absolute atomic E-state index is 0.0187. The van der Waals surface area contributed by atoms with E-state index in [2.05, 4.69) is 15.0 Å². The molecule has 10 nitrogen and oxygen atoms in total. The molecule has 0 fully saturated rings. The largest absolute Gasteiger partial charge is 0.374 e. The molecule has 0 bridgehead atoms. The number of nitrogens with zero attached hydrogens (tertiary/aromatic N) is 3. The predicted octanol–water partition coefficient (Wildman–Crippen LogP) is 2.68. The van der Waals surface area contributed by atoms with Crippen LogP contribution in [0.1, 0.15) is 28.7 Å². The number of H-pyrrole nitrogens is 1. The van der Waals surface area contributed by atoms with Gasteiger partial charge in [-0.25, -0.2) is 4.98 Å². The first-order chi connectivity index (χ1) is 17.0. The van der Waals surface area contributed by atoms with Crippen LogP contribution < -0.4 is 11.3 Å². The van der Waals surface area contributed by atoms with Crippen molar-refractivity contribution in [1.29, 1.82) is 0 Å². The molecule has 0 spiro atoms. The van der Waals surface area contributed by atoms with Gasteiger partial charge in [0.2, 0.25) is 5.95 Å². The van der Waals surface area contributed by atoms with E-state index in [0.717, 1.165) is 11.1 Å². The number of carbonyl (C=O) groups excluding carboxylic acids is 1. The van der Waals surface area contributed by atoms with E-state index in [1.54, 1.807) is 0 Å². The van der Waals surface area contributed by atoms with Crippen LogP contribution in [0.25, 0.3) is 11.2 Å². The van der Waals surface area contributed by atoms with Crippen molar-refractivity contribution in [1.82, 2.24) is 19.5 Å². The maximum absolute atomic E-state index is 12.2. The third kappa shape index (κ3) is 6.38. The summed E-state index contributed by atoms with van der Waals surface area (Å²) < 4.78 is 19.2. The topological polar surface area (TPSA) is 134 Å². The van der Waals surface area contributed by atoms with E-state index in [4.69, 9.17) is 19.9 Å². The highest BCUT2D eigenvalue weighted by molar-refractivity contribution is 5.94. The van der Waals surface area contributed by atoms with Gasteiger partial charge < -0.3 is 19.9 Å². The zero-order valence-corrected chi connectivity index (χ0v) is 19.3. The molecule has 3 N–H and O–H groups in total. The molecule has 0 radical (unpaired) electrons. The van der Waals surface area contributed by atoms with Crippen LogP contribution in [0.3, 0.4) is 0 Å². The molecule has 4 aromatic rings. The summed E-state index contributed by atoms with van der Waals surface area (Å²) in [6.45, 7) is 2.61. The van der Waals surface area contributed by atoms with Gasteiger partial charge in [-0.15, -0.1) is 0 Å². The summed E-state index contributed by atoms with van der Waals surface area (Å²) in [5.41, 5.74) is 7.44. The predicted molar refractivity (Wildman–Crippen MR) is 130 cm³/mol. The minimum Gasteiger partial charge on any atom is -0.374 e. The molecule has 0 amide bonds. The van der Waals surface area contributed by atoms with Crippen molar-refractivity contribution in [2.24, 2.45) is 0 Å². The number of aromatic nitrogens is 4. The lowest BCUT2D eigenvalue weighted by molar-refractivity contribution is -0.0869. The second-order valence-corrected chi connectivity index (χ2v) is 7.96.